The van der Waals surface area contributed by atoms with Crippen molar-refractivity contribution in [2.45, 2.75) is 6.10 Å². The Bertz CT molecular complexity index is 684. The van der Waals surface area contributed by atoms with Crippen molar-refractivity contribution in [3.05, 3.63) is 64.3 Å². The van der Waals surface area contributed by atoms with E-state index in [-0.39, 0.29) is 17.6 Å². The molecule has 2 aromatic heterocycles. The molecule has 0 radical (unpaired) electrons. The molecule has 0 aliphatic carbocycles. The quantitative estimate of drug-likeness (QED) is 0.892. The highest BCUT2D eigenvalue weighted by atomic mass is 16.5. The van der Waals surface area contributed by atoms with Crippen molar-refractivity contribution in [3.63, 3.8) is 0 Å². The fourth-order valence-electron chi connectivity index (χ4n) is 2.36. The van der Waals surface area contributed by atoms with E-state index in [1.807, 2.05) is 12.1 Å². The van der Waals surface area contributed by atoms with Crippen LogP contribution in [0.1, 0.15) is 22.2 Å². The third kappa shape index (κ3) is 3.00. The fourth-order valence-corrected chi connectivity index (χ4v) is 2.36. The molecule has 1 atom stereocenters. The molecule has 1 amide bonds. The van der Waals surface area contributed by atoms with Crippen LogP contribution >= 0.6 is 0 Å². The third-order valence-electron chi connectivity index (χ3n) is 3.43. The lowest BCUT2D eigenvalue weighted by Crippen LogP contribution is -2.42. The van der Waals surface area contributed by atoms with Gasteiger partial charge in [0.05, 0.1) is 13.2 Å². The van der Waals surface area contributed by atoms with E-state index < -0.39 is 0 Å². The first-order valence-electron chi connectivity index (χ1n) is 6.74. The van der Waals surface area contributed by atoms with Crippen LogP contribution in [0.15, 0.2) is 47.5 Å². The van der Waals surface area contributed by atoms with Crippen LogP contribution in [0.5, 0.6) is 0 Å². The van der Waals surface area contributed by atoms with Crippen molar-refractivity contribution in [2.24, 2.45) is 0 Å². The summed E-state index contributed by atoms with van der Waals surface area (Å²) in [5.41, 5.74) is 1.02. The van der Waals surface area contributed by atoms with Gasteiger partial charge in [-0.15, -0.1) is 0 Å². The standard InChI is InChI=1S/C15H15N3O3/c19-14-3-1-2-12(17-14)15(20)18-8-9-21-13(10-18)11-4-6-16-7-5-11/h1-7,13H,8-10H2,(H,17,19)/t13-/m1/s1. The van der Waals surface area contributed by atoms with Crippen LogP contribution in [0, 0.1) is 0 Å². The van der Waals surface area contributed by atoms with Gasteiger partial charge < -0.3 is 14.6 Å². The number of aromatic amines is 1. The molecule has 0 spiro atoms. The lowest BCUT2D eigenvalue weighted by molar-refractivity contribution is -0.0230. The van der Waals surface area contributed by atoms with E-state index in [1.54, 1.807) is 29.4 Å². The van der Waals surface area contributed by atoms with E-state index in [0.29, 0.717) is 25.4 Å². The molecule has 1 N–H and O–H groups in total. The average molecular weight is 285 g/mol. The zero-order valence-corrected chi connectivity index (χ0v) is 11.4. The molecule has 21 heavy (non-hydrogen) atoms. The van der Waals surface area contributed by atoms with Crippen molar-refractivity contribution in [2.75, 3.05) is 19.7 Å². The maximum absolute atomic E-state index is 12.4. The van der Waals surface area contributed by atoms with E-state index in [1.165, 1.54) is 6.07 Å². The van der Waals surface area contributed by atoms with Crippen LogP contribution in [0.25, 0.3) is 0 Å². The van der Waals surface area contributed by atoms with E-state index >= 15 is 0 Å². The summed E-state index contributed by atoms with van der Waals surface area (Å²) in [4.78, 5) is 32.0. The summed E-state index contributed by atoms with van der Waals surface area (Å²) in [5.74, 6) is -0.185. The molecule has 1 aliphatic rings. The molecule has 1 aliphatic heterocycles. The Labute approximate surface area is 121 Å². The Hall–Kier alpha value is -2.47. The van der Waals surface area contributed by atoms with Crippen molar-refractivity contribution in [1.82, 2.24) is 14.9 Å². The number of ether oxygens (including phenoxy) is 1. The Balaban J connectivity index is 1.77. The highest BCUT2D eigenvalue weighted by Crippen LogP contribution is 2.22. The van der Waals surface area contributed by atoms with Crippen LogP contribution in [-0.2, 0) is 4.74 Å². The topological polar surface area (TPSA) is 75.3 Å². The van der Waals surface area contributed by atoms with Gasteiger partial charge in [-0.3, -0.25) is 14.6 Å². The summed E-state index contributed by atoms with van der Waals surface area (Å²) in [6.07, 6.45) is 3.24. The highest BCUT2D eigenvalue weighted by molar-refractivity contribution is 5.92. The van der Waals surface area contributed by atoms with E-state index in [0.717, 1.165) is 5.56 Å². The number of rotatable bonds is 2. The number of pyridine rings is 2. The predicted molar refractivity (Wildman–Crippen MR) is 75.9 cm³/mol. The summed E-state index contributed by atoms with van der Waals surface area (Å²) >= 11 is 0. The number of H-pyrrole nitrogens is 1. The van der Waals surface area contributed by atoms with Crippen LogP contribution in [0.3, 0.4) is 0 Å². The Morgan fingerprint density at radius 3 is 2.86 bits per heavy atom. The minimum Gasteiger partial charge on any atom is -0.370 e. The molecular formula is C15H15N3O3. The van der Waals surface area contributed by atoms with Gasteiger partial charge in [0.2, 0.25) is 5.56 Å². The summed E-state index contributed by atoms with van der Waals surface area (Å²) < 4.78 is 5.71. The number of hydrogen-bond donors (Lipinski definition) is 1. The second kappa shape index (κ2) is 5.88. The molecular weight excluding hydrogens is 270 g/mol. The maximum atomic E-state index is 12.4. The zero-order chi connectivity index (χ0) is 14.7. The molecule has 0 unspecified atom stereocenters. The fraction of sp³-hybridized carbons (Fsp3) is 0.267. The van der Waals surface area contributed by atoms with Crippen molar-refractivity contribution < 1.29 is 9.53 Å². The number of carbonyl (C=O) groups is 1. The first kappa shape index (κ1) is 13.5. The van der Waals surface area contributed by atoms with Gasteiger partial charge in [-0.25, -0.2) is 0 Å². The number of amides is 1. The number of aromatic nitrogens is 2. The van der Waals surface area contributed by atoms with E-state index in [9.17, 15) is 9.59 Å². The number of nitrogens with zero attached hydrogens (tertiary/aromatic N) is 2. The van der Waals surface area contributed by atoms with Crippen LogP contribution < -0.4 is 5.56 Å². The summed E-state index contributed by atoms with van der Waals surface area (Å²) in [5, 5.41) is 0. The number of hydrogen-bond acceptors (Lipinski definition) is 4. The second-order valence-corrected chi connectivity index (χ2v) is 4.82. The molecule has 6 heteroatoms. The molecule has 6 nitrogen and oxygen atoms in total. The minimum absolute atomic E-state index is 0.166. The molecule has 2 aromatic rings. The maximum Gasteiger partial charge on any atom is 0.270 e. The Morgan fingerprint density at radius 1 is 1.29 bits per heavy atom. The van der Waals surface area contributed by atoms with Crippen LogP contribution in [0.2, 0.25) is 0 Å². The van der Waals surface area contributed by atoms with Crippen LogP contribution in [0.4, 0.5) is 0 Å². The predicted octanol–water partition coefficient (Wildman–Crippen LogP) is 0.984. The smallest absolute Gasteiger partial charge is 0.270 e. The molecule has 1 fully saturated rings. The number of nitrogens with one attached hydrogen (secondary N) is 1. The first-order valence-corrected chi connectivity index (χ1v) is 6.74. The van der Waals surface area contributed by atoms with Gasteiger partial charge in [-0.05, 0) is 23.8 Å². The number of carbonyl (C=O) groups excluding carboxylic acids is 1. The Morgan fingerprint density at radius 2 is 2.10 bits per heavy atom. The van der Waals surface area contributed by atoms with E-state index in [2.05, 4.69) is 9.97 Å². The van der Waals surface area contributed by atoms with Gasteiger partial charge >= 0.3 is 0 Å². The van der Waals surface area contributed by atoms with Crippen molar-refractivity contribution >= 4 is 5.91 Å². The van der Waals surface area contributed by atoms with Gasteiger partial charge in [-0.1, -0.05) is 6.07 Å². The zero-order valence-electron chi connectivity index (χ0n) is 11.4. The average Bonchev–Trinajstić information content (AvgIpc) is 2.55. The van der Waals surface area contributed by atoms with E-state index in [4.69, 9.17) is 4.74 Å². The molecule has 1 saturated heterocycles. The summed E-state index contributed by atoms with van der Waals surface area (Å²) in [6.45, 7) is 1.44. The van der Waals surface area contributed by atoms with Gasteiger partial charge in [0.1, 0.15) is 11.8 Å². The molecule has 3 heterocycles. The lowest BCUT2D eigenvalue weighted by atomic mass is 10.1. The molecule has 108 valence electrons. The van der Waals surface area contributed by atoms with Gasteiger partial charge in [0.15, 0.2) is 0 Å². The SMILES string of the molecule is O=C(c1cccc(=O)[nH]1)N1CCO[C@@H](c2ccncc2)C1. The molecule has 0 saturated carbocycles. The summed E-state index contributed by atoms with van der Waals surface area (Å²) in [6, 6.07) is 8.33. The van der Waals surface area contributed by atoms with Gasteiger partial charge in [0, 0.05) is 25.0 Å². The monoisotopic (exact) mass is 285 g/mol. The van der Waals surface area contributed by atoms with Gasteiger partial charge in [0.25, 0.3) is 5.91 Å². The molecule has 0 bridgehead atoms. The minimum atomic E-state index is -0.278. The van der Waals surface area contributed by atoms with Crippen molar-refractivity contribution in [3.8, 4) is 0 Å². The van der Waals surface area contributed by atoms with Gasteiger partial charge in [-0.2, -0.15) is 0 Å². The second-order valence-electron chi connectivity index (χ2n) is 4.82. The Kier molecular flexibility index (Phi) is 3.79. The first-order chi connectivity index (χ1) is 10.2. The molecule has 0 aromatic carbocycles. The number of morpholine rings is 1. The highest BCUT2D eigenvalue weighted by Gasteiger charge is 2.26. The molecule has 3 rings (SSSR count). The lowest BCUT2D eigenvalue weighted by Gasteiger charge is -2.33. The van der Waals surface area contributed by atoms with Crippen LogP contribution in [-0.4, -0.2) is 40.5 Å². The van der Waals surface area contributed by atoms with Crippen molar-refractivity contribution in [1.29, 1.82) is 0 Å². The third-order valence-corrected chi connectivity index (χ3v) is 3.43. The largest absolute Gasteiger partial charge is 0.370 e. The summed E-state index contributed by atoms with van der Waals surface area (Å²) in [7, 11) is 0. The normalized spacial score (nSPS) is 18.5.